The zero-order valence-electron chi connectivity index (χ0n) is 19.3. The van der Waals surface area contributed by atoms with Gasteiger partial charge >= 0.3 is 0 Å². The number of hydrogen-bond donors (Lipinski definition) is 1. The van der Waals surface area contributed by atoms with Crippen molar-refractivity contribution in [2.75, 3.05) is 0 Å². The summed E-state index contributed by atoms with van der Waals surface area (Å²) >= 11 is -1.20. The van der Waals surface area contributed by atoms with Crippen LogP contribution in [0.4, 0.5) is 0 Å². The van der Waals surface area contributed by atoms with Crippen LogP contribution in [0.15, 0.2) is 65.1 Å². The molecule has 0 aliphatic heterocycles. The van der Waals surface area contributed by atoms with Crippen LogP contribution < -0.4 is 10.4 Å². The molecule has 3 nitrogen and oxygen atoms in total. The Morgan fingerprint density at radius 1 is 0.900 bits per heavy atom. The molecule has 0 spiro atoms. The summed E-state index contributed by atoms with van der Waals surface area (Å²) in [6, 6.07) is 20.3. The predicted molar refractivity (Wildman–Crippen MR) is 134 cm³/mol. The molecule has 0 aliphatic carbocycles. The van der Waals surface area contributed by atoms with Gasteiger partial charge in [-0.25, -0.2) is 0 Å². The van der Waals surface area contributed by atoms with E-state index >= 15 is 0 Å². The molecule has 30 heavy (non-hydrogen) atoms. The van der Waals surface area contributed by atoms with Crippen LogP contribution in [0.1, 0.15) is 67.2 Å². The molecule has 0 radical (unpaired) electrons. The van der Waals surface area contributed by atoms with Crippen LogP contribution in [0.5, 0.6) is 0 Å². The predicted octanol–water partition coefficient (Wildman–Crippen LogP) is 5.00. The Morgan fingerprint density at radius 3 is 1.80 bits per heavy atom. The maximum Gasteiger partial charge on any atom is 0.258 e. The molecule has 2 aromatic carbocycles. The van der Waals surface area contributed by atoms with Crippen molar-refractivity contribution in [1.82, 2.24) is 0 Å². The lowest BCUT2D eigenvalue weighted by Gasteiger charge is -2.41. The first-order chi connectivity index (χ1) is 14.0. The van der Waals surface area contributed by atoms with Crippen molar-refractivity contribution in [3.05, 3.63) is 60.7 Å². The Kier molecular flexibility index (Phi) is 8.51. The summed E-state index contributed by atoms with van der Waals surface area (Å²) in [7, 11) is -2.94. The summed E-state index contributed by atoms with van der Waals surface area (Å²) in [5, 5.41) is 1.88. The Bertz CT molecular complexity index is 777. The van der Waals surface area contributed by atoms with Gasteiger partial charge in [0.15, 0.2) is 0 Å². The summed E-state index contributed by atoms with van der Waals surface area (Å²) in [5.41, 5.74) is 0.944. The highest BCUT2D eigenvalue weighted by atomic mass is 32.2. The van der Waals surface area contributed by atoms with Crippen molar-refractivity contribution in [3.63, 3.8) is 0 Å². The van der Waals surface area contributed by atoms with Gasteiger partial charge in [0.2, 0.25) is 0 Å². The number of rotatable bonds is 9. The Balaban J connectivity index is 2.12. The van der Waals surface area contributed by atoms with E-state index in [1.54, 1.807) is 0 Å². The van der Waals surface area contributed by atoms with Gasteiger partial charge in [0.1, 0.15) is 16.1 Å². The molecule has 0 amide bonds. The molecule has 0 bridgehead atoms. The van der Waals surface area contributed by atoms with Crippen molar-refractivity contribution in [2.45, 2.75) is 77.0 Å². The lowest BCUT2D eigenvalue weighted by molar-refractivity contribution is 0.453. The number of nitrogens with zero attached hydrogens (tertiary/aromatic N) is 1. The fourth-order valence-electron chi connectivity index (χ4n) is 3.76. The maximum atomic E-state index is 12.2. The van der Waals surface area contributed by atoms with Gasteiger partial charge in [-0.1, -0.05) is 85.3 Å². The van der Waals surface area contributed by atoms with E-state index in [2.05, 4.69) is 42.5 Å². The fourth-order valence-corrected chi connectivity index (χ4v) is 8.19. The molecule has 0 fully saturated rings. The molecule has 0 saturated carbocycles. The lowest BCUT2D eigenvalue weighted by atomic mass is 10.0. The van der Waals surface area contributed by atoms with Crippen LogP contribution in [0.25, 0.3) is 0 Å². The highest BCUT2D eigenvalue weighted by Gasteiger charge is 2.49. The van der Waals surface area contributed by atoms with Gasteiger partial charge < -0.3 is 9.35 Å². The molecular formula is C25H37NO2SSi. The largest absolute Gasteiger partial charge is 0.591 e. The first-order valence-electron chi connectivity index (χ1n) is 10.8. The Hall–Kier alpha value is -1.40. The van der Waals surface area contributed by atoms with Crippen LogP contribution in [0.3, 0.4) is 0 Å². The van der Waals surface area contributed by atoms with Crippen LogP contribution in [0.2, 0.25) is 5.04 Å². The van der Waals surface area contributed by atoms with E-state index < -0.39 is 19.7 Å². The molecule has 2 aromatic rings. The first kappa shape index (κ1) is 24.9. The Labute approximate surface area is 187 Å². The summed E-state index contributed by atoms with van der Waals surface area (Å²) < 4.78 is 16.3. The zero-order valence-corrected chi connectivity index (χ0v) is 21.1. The van der Waals surface area contributed by atoms with E-state index in [4.69, 9.17) is 0 Å². The van der Waals surface area contributed by atoms with E-state index in [0.717, 1.165) is 41.8 Å². The summed E-state index contributed by atoms with van der Waals surface area (Å²) in [4.78, 5) is 12.2. The van der Waals surface area contributed by atoms with Gasteiger partial charge in [0, 0.05) is 0 Å². The van der Waals surface area contributed by atoms with Crippen molar-refractivity contribution in [2.24, 2.45) is 4.40 Å². The first-order valence-corrected chi connectivity index (χ1v) is 13.8. The molecule has 1 unspecified atom stereocenters. The second kappa shape index (κ2) is 10.3. The highest BCUT2D eigenvalue weighted by Crippen LogP contribution is 2.40. The average Bonchev–Trinajstić information content (AvgIpc) is 2.71. The third kappa shape index (κ3) is 6.07. The molecule has 0 aromatic heterocycles. The van der Waals surface area contributed by atoms with Gasteiger partial charge in [-0.05, 0) is 62.4 Å². The SMILES string of the molecule is CC(CCCCC(C)(C)[Si](O)(c1ccccc1)c1ccccc1)=N[S+]([O-])C(C)(C)C. The average molecular weight is 444 g/mol. The topological polar surface area (TPSA) is 55.7 Å². The second-order valence-corrected chi connectivity index (χ2v) is 15.6. The van der Waals surface area contributed by atoms with Gasteiger partial charge in [0.25, 0.3) is 8.32 Å². The minimum absolute atomic E-state index is 0.227. The zero-order chi connectivity index (χ0) is 22.4. The molecular weight excluding hydrogens is 406 g/mol. The molecule has 164 valence electrons. The fraction of sp³-hybridized carbons (Fsp3) is 0.480. The van der Waals surface area contributed by atoms with E-state index in [0.29, 0.717) is 0 Å². The number of benzene rings is 2. The third-order valence-corrected chi connectivity index (χ3v) is 11.8. The molecule has 0 heterocycles. The smallest absolute Gasteiger partial charge is 0.258 e. The third-order valence-electron chi connectivity index (χ3n) is 5.72. The van der Waals surface area contributed by atoms with E-state index in [9.17, 15) is 9.35 Å². The Morgan fingerprint density at radius 2 is 1.37 bits per heavy atom. The van der Waals surface area contributed by atoms with Gasteiger partial charge in [-0.2, -0.15) is 0 Å². The quantitative estimate of drug-likeness (QED) is 0.256. The van der Waals surface area contributed by atoms with E-state index in [1.165, 1.54) is 0 Å². The number of unbranched alkanes of at least 4 members (excludes halogenated alkanes) is 1. The standard InChI is InChI=1S/C25H37NO2SSi/c1-21(26-29(27)24(2,3)4)15-13-14-20-25(5,6)30(28,22-16-9-7-10-17-22)23-18-11-8-12-19-23/h7-12,16-19,28H,13-15,20H2,1-6H3. The molecule has 2 rings (SSSR count). The van der Waals surface area contributed by atoms with Gasteiger partial charge in [-0.15, -0.1) is 0 Å². The normalized spacial score (nSPS) is 14.6. The van der Waals surface area contributed by atoms with Crippen molar-refractivity contribution in [3.8, 4) is 0 Å². The molecule has 1 N–H and O–H groups in total. The van der Waals surface area contributed by atoms with Crippen molar-refractivity contribution >= 4 is 35.8 Å². The van der Waals surface area contributed by atoms with Crippen molar-refractivity contribution < 1.29 is 9.35 Å². The summed E-state index contributed by atoms with van der Waals surface area (Å²) in [6.45, 7) is 12.2. The molecule has 0 aliphatic rings. The minimum atomic E-state index is -2.94. The summed E-state index contributed by atoms with van der Waals surface area (Å²) in [5.74, 6) is 0. The van der Waals surface area contributed by atoms with Crippen LogP contribution >= 0.6 is 0 Å². The van der Waals surface area contributed by atoms with Crippen molar-refractivity contribution in [1.29, 1.82) is 0 Å². The van der Waals surface area contributed by atoms with Crippen LogP contribution in [0, 0.1) is 0 Å². The lowest BCUT2D eigenvalue weighted by Crippen LogP contribution is -2.65. The van der Waals surface area contributed by atoms with Crippen LogP contribution in [-0.2, 0) is 11.4 Å². The van der Waals surface area contributed by atoms with Gasteiger partial charge in [-0.3, -0.25) is 0 Å². The number of hydrogen-bond acceptors (Lipinski definition) is 3. The van der Waals surface area contributed by atoms with Crippen LogP contribution in [-0.4, -0.2) is 28.1 Å². The monoisotopic (exact) mass is 443 g/mol. The molecule has 0 saturated heterocycles. The molecule has 1 atom stereocenters. The second-order valence-electron chi connectivity index (χ2n) is 9.72. The van der Waals surface area contributed by atoms with E-state index in [1.807, 2.05) is 64.1 Å². The summed E-state index contributed by atoms with van der Waals surface area (Å²) in [6.07, 6.45) is 3.74. The minimum Gasteiger partial charge on any atom is -0.591 e. The van der Waals surface area contributed by atoms with E-state index in [-0.39, 0.29) is 9.79 Å². The highest BCUT2D eigenvalue weighted by molar-refractivity contribution is 7.91. The maximum absolute atomic E-state index is 12.2. The van der Waals surface area contributed by atoms with Gasteiger partial charge in [0.05, 0.1) is 5.71 Å². The molecule has 5 heteroatoms.